The van der Waals surface area contributed by atoms with Crippen LogP contribution in [0.4, 0.5) is 0 Å². The lowest BCUT2D eigenvalue weighted by Gasteiger charge is -2.05. The number of hydrogen-bond acceptors (Lipinski definition) is 3. The number of allylic oxidation sites excluding steroid dienone is 5. The molecule has 0 amide bonds. The highest BCUT2D eigenvalue weighted by Gasteiger charge is 2.07. The Bertz CT molecular complexity index is 598. The molecule has 0 radical (unpaired) electrons. The van der Waals surface area contributed by atoms with E-state index in [4.69, 9.17) is 16.7 Å². The van der Waals surface area contributed by atoms with E-state index < -0.39 is 0 Å². The fourth-order valence-electron chi connectivity index (χ4n) is 1.49. The third-order valence-corrected chi connectivity index (χ3v) is 2.45. The zero-order valence-corrected chi connectivity index (χ0v) is 11.3. The second-order valence-corrected chi connectivity index (χ2v) is 4.13. The number of aliphatic hydroxyl groups is 1. The number of nitrogens with zero attached hydrogens (tertiary/aromatic N) is 1. The second-order valence-electron chi connectivity index (χ2n) is 3.64. The van der Waals surface area contributed by atoms with Crippen molar-refractivity contribution in [1.82, 2.24) is 10.2 Å². The van der Waals surface area contributed by atoms with Gasteiger partial charge in [-0.3, -0.25) is 4.79 Å². The minimum Gasteiger partial charge on any atom is -0.391 e. The molecule has 0 aliphatic carbocycles. The Hall–Kier alpha value is -1.91. The van der Waals surface area contributed by atoms with Crippen molar-refractivity contribution in [1.29, 1.82) is 0 Å². The van der Waals surface area contributed by atoms with Gasteiger partial charge in [0.05, 0.1) is 12.3 Å². The van der Waals surface area contributed by atoms with E-state index in [0.29, 0.717) is 11.3 Å². The van der Waals surface area contributed by atoms with Gasteiger partial charge in [0.25, 0.3) is 5.56 Å². The van der Waals surface area contributed by atoms with Crippen molar-refractivity contribution in [3.05, 3.63) is 63.6 Å². The summed E-state index contributed by atoms with van der Waals surface area (Å²) in [5.41, 5.74) is 1.54. The largest absolute Gasteiger partial charge is 0.391 e. The van der Waals surface area contributed by atoms with Gasteiger partial charge in [-0.1, -0.05) is 42.5 Å². The van der Waals surface area contributed by atoms with Gasteiger partial charge in [0, 0.05) is 22.2 Å². The molecule has 0 unspecified atom stereocenters. The minimum absolute atomic E-state index is 0.229. The zero-order chi connectivity index (χ0) is 14.3. The van der Waals surface area contributed by atoms with E-state index in [-0.39, 0.29) is 17.2 Å². The Morgan fingerprint density at radius 3 is 2.95 bits per heavy atom. The third-order valence-electron chi connectivity index (χ3n) is 2.22. The maximum absolute atomic E-state index is 11.3. The van der Waals surface area contributed by atoms with Crippen LogP contribution in [0.15, 0.2) is 46.8 Å². The molecular formula is C14H15ClN2O2. The van der Waals surface area contributed by atoms with Gasteiger partial charge in [-0.25, -0.2) is 5.10 Å². The van der Waals surface area contributed by atoms with Gasteiger partial charge in [-0.15, -0.1) is 0 Å². The molecule has 100 valence electrons. The number of H-pyrrole nitrogens is 1. The molecule has 0 saturated heterocycles. The van der Waals surface area contributed by atoms with Crippen LogP contribution < -0.4 is 5.56 Å². The molecule has 0 bridgehead atoms. The first kappa shape index (κ1) is 15.1. The molecule has 1 aromatic heterocycles. The summed E-state index contributed by atoms with van der Waals surface area (Å²) in [5, 5.41) is 15.6. The normalized spacial score (nSPS) is 13.0. The third kappa shape index (κ3) is 4.35. The molecule has 4 nitrogen and oxygen atoms in total. The van der Waals surface area contributed by atoms with Crippen LogP contribution >= 0.6 is 11.6 Å². The Balaban J connectivity index is 3.46. The summed E-state index contributed by atoms with van der Waals surface area (Å²) in [7, 11) is 0. The molecule has 0 aromatic carbocycles. The molecule has 0 atom stereocenters. The smallest absolute Gasteiger partial charge is 0.264 e. The van der Waals surface area contributed by atoms with Gasteiger partial charge in [-0.2, -0.15) is 5.10 Å². The van der Waals surface area contributed by atoms with Crippen molar-refractivity contribution in [2.45, 2.75) is 6.92 Å². The van der Waals surface area contributed by atoms with Crippen molar-refractivity contribution in [3.8, 4) is 0 Å². The summed E-state index contributed by atoms with van der Waals surface area (Å²) in [6, 6.07) is 1.38. The zero-order valence-electron chi connectivity index (χ0n) is 10.6. The second kappa shape index (κ2) is 7.51. The average molecular weight is 279 g/mol. The number of halogens is 1. The van der Waals surface area contributed by atoms with Crippen molar-refractivity contribution < 1.29 is 5.11 Å². The molecule has 0 aliphatic rings. The van der Waals surface area contributed by atoms with E-state index in [1.165, 1.54) is 12.1 Å². The Morgan fingerprint density at radius 2 is 2.37 bits per heavy atom. The van der Waals surface area contributed by atoms with E-state index in [1.807, 2.05) is 19.1 Å². The standard InChI is InChI=1S/C14H15ClN2O2/c1-3-5-10(6-4-2)14-11(7-12(15)9-18)8-13(19)16-17-14/h3-8,18H,1,9H2,2H3,(H,16,19)/b6-4-,10-5+,12-7-. The van der Waals surface area contributed by atoms with Crippen LogP contribution in [0.25, 0.3) is 11.6 Å². The van der Waals surface area contributed by atoms with Crippen LogP contribution in [-0.2, 0) is 0 Å². The first-order chi connectivity index (χ1) is 9.12. The molecule has 1 heterocycles. The van der Waals surface area contributed by atoms with E-state index in [1.54, 1.807) is 12.2 Å². The van der Waals surface area contributed by atoms with Crippen LogP contribution in [0.1, 0.15) is 18.2 Å². The highest BCUT2D eigenvalue weighted by Crippen LogP contribution is 2.20. The number of aromatic amines is 1. The van der Waals surface area contributed by atoms with E-state index in [2.05, 4.69) is 16.8 Å². The summed E-state index contributed by atoms with van der Waals surface area (Å²) in [6.45, 7) is 5.22. The topological polar surface area (TPSA) is 66.0 Å². The van der Waals surface area contributed by atoms with Crippen molar-refractivity contribution in [2.75, 3.05) is 6.61 Å². The van der Waals surface area contributed by atoms with Gasteiger partial charge in [0.1, 0.15) is 0 Å². The molecule has 19 heavy (non-hydrogen) atoms. The van der Waals surface area contributed by atoms with Crippen molar-refractivity contribution in [3.63, 3.8) is 0 Å². The summed E-state index contributed by atoms with van der Waals surface area (Å²) < 4.78 is 0. The van der Waals surface area contributed by atoms with Gasteiger partial charge in [0.2, 0.25) is 0 Å². The predicted molar refractivity (Wildman–Crippen MR) is 78.8 cm³/mol. The monoisotopic (exact) mass is 278 g/mol. The van der Waals surface area contributed by atoms with Crippen LogP contribution in [0.2, 0.25) is 0 Å². The lowest BCUT2D eigenvalue weighted by molar-refractivity contribution is 0.339. The van der Waals surface area contributed by atoms with Gasteiger partial charge < -0.3 is 5.11 Å². The summed E-state index contributed by atoms with van der Waals surface area (Å²) in [4.78, 5) is 11.3. The molecule has 5 heteroatoms. The lowest BCUT2D eigenvalue weighted by Crippen LogP contribution is -2.10. The highest BCUT2D eigenvalue weighted by molar-refractivity contribution is 6.31. The lowest BCUT2D eigenvalue weighted by atomic mass is 10.1. The maximum Gasteiger partial charge on any atom is 0.264 e. The van der Waals surface area contributed by atoms with Crippen molar-refractivity contribution >= 4 is 23.3 Å². The predicted octanol–water partition coefficient (Wildman–Crippen LogP) is 2.49. The van der Waals surface area contributed by atoms with Gasteiger partial charge in [0.15, 0.2) is 0 Å². The Morgan fingerprint density at radius 1 is 1.63 bits per heavy atom. The van der Waals surface area contributed by atoms with Crippen LogP contribution in [-0.4, -0.2) is 21.9 Å². The number of aliphatic hydroxyl groups excluding tert-OH is 1. The number of hydrogen-bond donors (Lipinski definition) is 2. The fraction of sp³-hybridized carbons (Fsp3) is 0.143. The molecule has 0 saturated carbocycles. The van der Waals surface area contributed by atoms with E-state index >= 15 is 0 Å². The molecule has 0 spiro atoms. The first-order valence-electron chi connectivity index (χ1n) is 5.64. The number of nitrogens with one attached hydrogen (secondary N) is 1. The summed E-state index contributed by atoms with van der Waals surface area (Å²) in [5.74, 6) is 0. The van der Waals surface area contributed by atoms with Crippen LogP contribution in [0.5, 0.6) is 0 Å². The molecular weight excluding hydrogens is 264 g/mol. The highest BCUT2D eigenvalue weighted by atomic mass is 35.5. The van der Waals surface area contributed by atoms with E-state index in [0.717, 1.165) is 5.57 Å². The molecule has 1 rings (SSSR count). The quantitative estimate of drug-likeness (QED) is 0.813. The Labute approximate surface area is 116 Å². The average Bonchev–Trinajstić information content (AvgIpc) is 2.39. The van der Waals surface area contributed by atoms with Crippen LogP contribution in [0, 0.1) is 0 Å². The Kier molecular flexibility index (Phi) is 5.99. The van der Waals surface area contributed by atoms with Gasteiger partial charge in [-0.05, 0) is 13.0 Å². The molecule has 1 aromatic rings. The molecule has 0 aliphatic heterocycles. The maximum atomic E-state index is 11.3. The first-order valence-corrected chi connectivity index (χ1v) is 6.02. The van der Waals surface area contributed by atoms with Crippen molar-refractivity contribution in [2.24, 2.45) is 0 Å². The van der Waals surface area contributed by atoms with Crippen LogP contribution in [0.3, 0.4) is 0 Å². The minimum atomic E-state index is -0.337. The SMILES string of the molecule is C=C/C=C(\C=C/C)c1n[nH]c(=O)cc1/C=C(\Cl)CO. The molecule has 0 fully saturated rings. The van der Waals surface area contributed by atoms with Gasteiger partial charge >= 0.3 is 0 Å². The number of rotatable bonds is 5. The number of aromatic nitrogens is 2. The summed E-state index contributed by atoms with van der Waals surface area (Å²) in [6.07, 6.45) is 8.60. The molecule has 2 N–H and O–H groups in total. The van der Waals surface area contributed by atoms with E-state index in [9.17, 15) is 4.79 Å². The summed E-state index contributed by atoms with van der Waals surface area (Å²) >= 11 is 5.80. The fourth-order valence-corrected chi connectivity index (χ4v) is 1.61.